The van der Waals surface area contributed by atoms with Crippen molar-refractivity contribution in [2.24, 2.45) is 11.0 Å². The van der Waals surface area contributed by atoms with Crippen LogP contribution in [0.1, 0.15) is 25.8 Å². The molecule has 1 aliphatic heterocycles. The number of carbonyl (C=O) groups is 1. The number of rotatable bonds is 4. The van der Waals surface area contributed by atoms with Crippen molar-refractivity contribution in [2.45, 2.75) is 26.4 Å². The van der Waals surface area contributed by atoms with E-state index in [9.17, 15) is 13.6 Å². The maximum absolute atomic E-state index is 14.4. The fourth-order valence-corrected chi connectivity index (χ4v) is 2.33. The van der Waals surface area contributed by atoms with Crippen LogP contribution in [0, 0.1) is 17.6 Å². The van der Waals surface area contributed by atoms with Crippen LogP contribution >= 0.6 is 11.6 Å². The largest absolute Gasteiger partial charge is 0.486 e. The molecule has 0 bridgehead atoms. The lowest BCUT2D eigenvalue weighted by molar-refractivity contribution is -0.121. The van der Waals surface area contributed by atoms with E-state index in [1.807, 2.05) is 0 Å². The molecule has 1 aliphatic rings. The van der Waals surface area contributed by atoms with Gasteiger partial charge in [0.25, 0.3) is 0 Å². The molecule has 8 heteroatoms. The average Bonchev–Trinajstić information content (AvgIpc) is 2.43. The number of nitrogens with one attached hydrogen (secondary N) is 1. The van der Waals surface area contributed by atoms with Crippen LogP contribution in [0.4, 0.5) is 8.78 Å². The summed E-state index contributed by atoms with van der Waals surface area (Å²) in [6.07, 6.45) is -0.728. The summed E-state index contributed by atoms with van der Waals surface area (Å²) < 4.78 is 33.5. The molecule has 0 saturated heterocycles. The molecule has 120 valence electrons. The third kappa shape index (κ3) is 3.36. The summed E-state index contributed by atoms with van der Waals surface area (Å²) >= 11 is 5.82. The second-order valence-electron chi connectivity index (χ2n) is 5.16. The van der Waals surface area contributed by atoms with E-state index in [4.69, 9.17) is 21.4 Å². The smallest absolute Gasteiger partial charge is 0.240 e. The van der Waals surface area contributed by atoms with Crippen LogP contribution in [0.2, 0.25) is 5.02 Å². The number of amides is 1. The maximum atomic E-state index is 14.4. The molecule has 5 nitrogen and oxygen atoms in total. The molecule has 2 unspecified atom stereocenters. The maximum Gasteiger partial charge on any atom is 0.240 e. The van der Waals surface area contributed by atoms with Crippen LogP contribution in [0.5, 0.6) is 5.75 Å². The zero-order valence-electron chi connectivity index (χ0n) is 12.0. The van der Waals surface area contributed by atoms with Gasteiger partial charge < -0.3 is 9.84 Å². The number of hydrogen-bond donors (Lipinski definition) is 2. The van der Waals surface area contributed by atoms with Crippen LogP contribution in [0.3, 0.4) is 0 Å². The monoisotopic (exact) mass is 332 g/mol. The summed E-state index contributed by atoms with van der Waals surface area (Å²) in [5.41, 5.74) is 2.32. The molecule has 0 fully saturated rings. The Balaban J connectivity index is 2.41. The van der Waals surface area contributed by atoms with Gasteiger partial charge >= 0.3 is 0 Å². The van der Waals surface area contributed by atoms with Gasteiger partial charge in [-0.3, -0.25) is 4.79 Å². The van der Waals surface area contributed by atoms with Crippen LogP contribution in [0.15, 0.2) is 11.2 Å². The molecule has 0 spiro atoms. The topological polar surface area (TPSA) is 70.9 Å². The summed E-state index contributed by atoms with van der Waals surface area (Å²) in [5.74, 6) is -2.88. The van der Waals surface area contributed by atoms with Crippen LogP contribution < -0.4 is 10.2 Å². The van der Waals surface area contributed by atoms with Crippen LogP contribution in [-0.2, 0) is 4.79 Å². The van der Waals surface area contributed by atoms with Crippen molar-refractivity contribution in [2.75, 3.05) is 6.61 Å². The molecular formula is C14H15ClF2N2O3. The summed E-state index contributed by atoms with van der Waals surface area (Å²) in [6, 6.07) is 0.922. The fourth-order valence-electron chi connectivity index (χ4n) is 2.08. The van der Waals surface area contributed by atoms with Gasteiger partial charge in [-0.15, -0.1) is 0 Å². The van der Waals surface area contributed by atoms with E-state index in [-0.39, 0.29) is 36.1 Å². The molecule has 1 heterocycles. The minimum Gasteiger partial charge on any atom is -0.486 e. The van der Waals surface area contributed by atoms with Crippen molar-refractivity contribution in [1.82, 2.24) is 5.43 Å². The summed E-state index contributed by atoms with van der Waals surface area (Å²) in [7, 11) is 0. The molecule has 2 atom stereocenters. The van der Waals surface area contributed by atoms with Gasteiger partial charge in [0.05, 0.1) is 11.8 Å². The Kier molecular flexibility index (Phi) is 4.97. The van der Waals surface area contributed by atoms with Crippen LogP contribution in [0.25, 0.3) is 0 Å². The Hall–Kier alpha value is -1.73. The summed E-state index contributed by atoms with van der Waals surface area (Å²) in [4.78, 5) is 11.2. The molecule has 22 heavy (non-hydrogen) atoms. The number of hydrazone groups is 1. The molecule has 0 aliphatic carbocycles. The highest BCUT2D eigenvalue weighted by Gasteiger charge is 2.28. The van der Waals surface area contributed by atoms with Gasteiger partial charge in [-0.25, -0.2) is 14.2 Å². The van der Waals surface area contributed by atoms with E-state index in [2.05, 4.69) is 10.5 Å². The second-order valence-corrected chi connectivity index (χ2v) is 5.54. The number of aliphatic hydroxyl groups is 1. The van der Waals surface area contributed by atoms with E-state index >= 15 is 0 Å². The summed E-state index contributed by atoms with van der Waals surface area (Å²) in [6.45, 7) is 2.90. The second kappa shape index (κ2) is 6.58. The molecule has 0 saturated carbocycles. The first-order valence-corrected chi connectivity index (χ1v) is 7.04. The number of hydrogen-bond acceptors (Lipinski definition) is 4. The van der Waals surface area contributed by atoms with E-state index in [1.165, 1.54) is 6.92 Å². The van der Waals surface area contributed by atoms with Gasteiger partial charge in [0.2, 0.25) is 5.91 Å². The third-order valence-electron chi connectivity index (χ3n) is 3.12. The van der Waals surface area contributed by atoms with Crippen molar-refractivity contribution in [3.63, 3.8) is 0 Å². The van der Waals surface area contributed by atoms with E-state index in [0.29, 0.717) is 0 Å². The van der Waals surface area contributed by atoms with Crippen molar-refractivity contribution < 1.29 is 23.4 Å². The van der Waals surface area contributed by atoms with Gasteiger partial charge in [0.15, 0.2) is 17.4 Å². The number of carbonyl (C=O) groups excluding carboxylic acids is 1. The number of benzene rings is 1. The lowest BCUT2D eigenvalue weighted by atomic mass is 9.93. The molecular weight excluding hydrogens is 318 g/mol. The molecule has 2 rings (SSSR count). The van der Waals surface area contributed by atoms with E-state index in [1.54, 1.807) is 6.92 Å². The Morgan fingerprint density at radius 1 is 1.59 bits per heavy atom. The summed E-state index contributed by atoms with van der Waals surface area (Å²) in [5, 5.41) is 12.4. The van der Waals surface area contributed by atoms with Gasteiger partial charge in [0, 0.05) is 17.9 Å². The van der Waals surface area contributed by atoms with Crippen molar-refractivity contribution >= 4 is 23.2 Å². The van der Waals surface area contributed by atoms with Gasteiger partial charge in [-0.05, 0) is 13.0 Å². The van der Waals surface area contributed by atoms with E-state index < -0.39 is 28.5 Å². The van der Waals surface area contributed by atoms with Gasteiger partial charge in [0.1, 0.15) is 11.6 Å². The predicted octanol–water partition coefficient (Wildman–Crippen LogP) is 2.24. The Morgan fingerprint density at radius 3 is 2.86 bits per heavy atom. The molecule has 1 aromatic rings. The minimum absolute atomic E-state index is 0.123. The Bertz CT molecular complexity index is 635. The highest BCUT2D eigenvalue weighted by Crippen LogP contribution is 2.34. The highest BCUT2D eigenvalue weighted by atomic mass is 35.5. The van der Waals surface area contributed by atoms with Crippen molar-refractivity contribution in [3.05, 3.63) is 28.3 Å². The lowest BCUT2D eigenvalue weighted by Crippen LogP contribution is -2.32. The predicted molar refractivity (Wildman–Crippen MR) is 77.0 cm³/mol. The molecule has 0 aromatic heterocycles. The zero-order valence-corrected chi connectivity index (χ0v) is 12.7. The van der Waals surface area contributed by atoms with Crippen molar-refractivity contribution in [3.8, 4) is 5.75 Å². The van der Waals surface area contributed by atoms with Crippen molar-refractivity contribution in [1.29, 1.82) is 0 Å². The Morgan fingerprint density at radius 2 is 2.27 bits per heavy atom. The quantitative estimate of drug-likeness (QED) is 0.831. The first-order valence-electron chi connectivity index (χ1n) is 6.66. The Labute approximate surface area is 130 Å². The highest BCUT2D eigenvalue weighted by molar-refractivity contribution is 6.32. The normalized spacial score (nSPS) is 19.5. The molecule has 1 amide bonds. The molecule has 0 radical (unpaired) electrons. The SMILES string of the molecule is CC(O)COc1c(F)cc(C2=NNC(=O)CC2C)c(F)c1Cl. The first-order chi connectivity index (χ1) is 10.3. The average molecular weight is 333 g/mol. The van der Waals surface area contributed by atoms with Gasteiger partial charge in [-0.2, -0.15) is 5.10 Å². The van der Waals surface area contributed by atoms with E-state index in [0.717, 1.165) is 6.07 Å². The zero-order chi connectivity index (χ0) is 16.4. The van der Waals surface area contributed by atoms with Crippen LogP contribution in [-0.4, -0.2) is 29.4 Å². The third-order valence-corrected chi connectivity index (χ3v) is 3.46. The minimum atomic E-state index is -0.884. The standard InChI is InChI=1S/C14H15ClF2N2O3/c1-6-3-10(21)18-19-13(6)8-4-9(16)14(11(15)12(8)17)22-5-7(2)20/h4,6-7,20H,3,5H2,1-2H3,(H,18,21). The fraction of sp³-hybridized carbons (Fsp3) is 0.429. The number of ether oxygens (including phenoxy) is 1. The number of aliphatic hydroxyl groups excluding tert-OH is 1. The molecule has 2 N–H and O–H groups in total. The molecule has 1 aromatic carbocycles. The number of halogens is 3. The first kappa shape index (κ1) is 16.6. The number of nitrogens with zero attached hydrogens (tertiary/aromatic N) is 1. The van der Waals surface area contributed by atoms with Gasteiger partial charge in [-0.1, -0.05) is 18.5 Å². The lowest BCUT2D eigenvalue weighted by Gasteiger charge is -2.21.